The van der Waals surface area contributed by atoms with E-state index in [0.717, 1.165) is 0 Å². The van der Waals surface area contributed by atoms with Gasteiger partial charge in [0.1, 0.15) is 25.0 Å². The van der Waals surface area contributed by atoms with E-state index in [2.05, 4.69) is 4.98 Å². The van der Waals surface area contributed by atoms with Gasteiger partial charge in [-0.05, 0) is 0 Å². The summed E-state index contributed by atoms with van der Waals surface area (Å²) >= 11 is 0. The third kappa shape index (κ3) is 2.02. The first kappa shape index (κ1) is 12.5. The van der Waals surface area contributed by atoms with Gasteiger partial charge in [-0.2, -0.15) is 4.98 Å². The Hall–Kier alpha value is -1.48. The molecule has 0 saturated carbocycles. The zero-order valence-electron chi connectivity index (χ0n) is 9.97. The molecule has 0 amide bonds. The molecular weight excluding hydrogens is 256 g/mol. The second kappa shape index (κ2) is 4.57. The van der Waals surface area contributed by atoms with Gasteiger partial charge in [-0.1, -0.05) is 0 Å². The average molecular weight is 270 g/mol. The number of aliphatic hydroxyl groups is 3. The highest BCUT2D eigenvalue weighted by molar-refractivity contribution is 5.29. The fourth-order valence-electron chi connectivity index (χ4n) is 2.32. The number of hydrogen-bond donors (Lipinski definition) is 3. The Labute approximate surface area is 107 Å². The molecule has 1 aromatic rings. The van der Waals surface area contributed by atoms with Crippen molar-refractivity contribution in [2.75, 3.05) is 13.2 Å². The smallest absolute Gasteiger partial charge is 0.352 e. The summed E-state index contributed by atoms with van der Waals surface area (Å²) in [4.78, 5) is 15.6. The molecule has 8 heteroatoms. The summed E-state index contributed by atoms with van der Waals surface area (Å²) in [6.07, 6.45) is -1.47. The molecule has 0 spiro atoms. The van der Waals surface area contributed by atoms with Crippen molar-refractivity contribution >= 4 is 0 Å². The van der Waals surface area contributed by atoms with Crippen molar-refractivity contribution in [3.8, 4) is 5.88 Å². The summed E-state index contributed by atoms with van der Waals surface area (Å²) in [6.45, 7) is -0.254. The van der Waals surface area contributed by atoms with E-state index in [1.165, 1.54) is 10.8 Å². The van der Waals surface area contributed by atoms with Gasteiger partial charge in [-0.25, -0.2) is 4.79 Å². The minimum atomic E-state index is -0.837. The molecule has 3 N–H and O–H groups in total. The Morgan fingerprint density at radius 3 is 2.95 bits per heavy atom. The summed E-state index contributed by atoms with van der Waals surface area (Å²) in [6, 6.07) is 0. The molecule has 0 aliphatic carbocycles. The van der Waals surface area contributed by atoms with Crippen molar-refractivity contribution < 1.29 is 24.8 Å². The predicted molar refractivity (Wildman–Crippen MR) is 60.6 cm³/mol. The van der Waals surface area contributed by atoms with Gasteiger partial charge in [-0.3, -0.25) is 4.57 Å². The van der Waals surface area contributed by atoms with E-state index in [4.69, 9.17) is 14.6 Å². The minimum absolute atomic E-state index is 0.0687. The van der Waals surface area contributed by atoms with E-state index in [9.17, 15) is 15.0 Å². The average Bonchev–Trinajstić information content (AvgIpc) is 2.92. The van der Waals surface area contributed by atoms with Crippen molar-refractivity contribution in [1.29, 1.82) is 0 Å². The van der Waals surface area contributed by atoms with Crippen molar-refractivity contribution in [3.05, 3.63) is 22.2 Å². The largest absolute Gasteiger partial charge is 0.474 e. The molecule has 8 nitrogen and oxygen atoms in total. The van der Waals surface area contributed by atoms with Crippen LogP contribution in [0, 0.1) is 0 Å². The first-order chi connectivity index (χ1) is 9.10. The molecule has 2 aliphatic rings. The third-order valence-corrected chi connectivity index (χ3v) is 3.37. The van der Waals surface area contributed by atoms with Gasteiger partial charge in [0.2, 0.25) is 5.88 Å². The summed E-state index contributed by atoms with van der Waals surface area (Å²) < 4.78 is 11.7. The van der Waals surface area contributed by atoms with Crippen LogP contribution in [0.1, 0.15) is 24.3 Å². The van der Waals surface area contributed by atoms with E-state index in [0.29, 0.717) is 5.56 Å². The third-order valence-electron chi connectivity index (χ3n) is 3.37. The second-order valence-corrected chi connectivity index (χ2v) is 4.63. The number of ether oxygens (including phenoxy) is 2. The fraction of sp³-hybridized carbons (Fsp3) is 0.636. The molecule has 3 rings (SSSR count). The van der Waals surface area contributed by atoms with E-state index in [1.54, 1.807) is 0 Å². The van der Waals surface area contributed by atoms with Crippen LogP contribution < -0.4 is 10.4 Å². The zero-order valence-corrected chi connectivity index (χ0v) is 9.97. The number of aliphatic hydroxyl groups excluding tert-OH is 3. The molecule has 3 heterocycles. The molecule has 0 bridgehead atoms. The van der Waals surface area contributed by atoms with Gasteiger partial charge in [0, 0.05) is 12.6 Å². The molecule has 1 aromatic heterocycles. The maximum Gasteiger partial charge on any atom is 0.352 e. The number of fused-ring (bicyclic) bond motifs is 1. The Balaban J connectivity index is 1.94. The second-order valence-electron chi connectivity index (χ2n) is 4.63. The van der Waals surface area contributed by atoms with Gasteiger partial charge in [0.25, 0.3) is 0 Å². The van der Waals surface area contributed by atoms with Crippen LogP contribution >= 0.6 is 0 Å². The van der Waals surface area contributed by atoms with Crippen molar-refractivity contribution in [3.63, 3.8) is 0 Å². The van der Waals surface area contributed by atoms with Gasteiger partial charge < -0.3 is 24.8 Å². The van der Waals surface area contributed by atoms with E-state index >= 15 is 0 Å². The Kier molecular flexibility index (Phi) is 3.02. The lowest BCUT2D eigenvalue weighted by atomic mass is 10.2. The highest BCUT2D eigenvalue weighted by Crippen LogP contribution is 2.32. The molecule has 4 atom stereocenters. The summed E-state index contributed by atoms with van der Waals surface area (Å²) in [5.41, 5.74) is -0.159. The van der Waals surface area contributed by atoms with Crippen LogP contribution in [0.4, 0.5) is 0 Å². The standard InChI is InChI=1S/C11H14N2O6/c14-3-8-6(15)1-9(19-8)13-2-5-7(16)4-18-10(5)12-11(13)17/h2,6-9,14-16H,1,3-4H2/t6-,7+,8+,9+/m0/s1. The van der Waals surface area contributed by atoms with Gasteiger partial charge >= 0.3 is 5.69 Å². The van der Waals surface area contributed by atoms with E-state index in [1.807, 2.05) is 0 Å². The number of rotatable bonds is 2. The predicted octanol–water partition coefficient (Wildman–Crippen LogP) is -1.69. The lowest BCUT2D eigenvalue weighted by Crippen LogP contribution is -2.28. The van der Waals surface area contributed by atoms with Crippen LogP contribution in [0.2, 0.25) is 0 Å². The molecule has 1 fully saturated rings. The molecule has 2 aliphatic heterocycles. The lowest BCUT2D eigenvalue weighted by molar-refractivity contribution is -0.0460. The quantitative estimate of drug-likeness (QED) is 0.587. The molecule has 0 radical (unpaired) electrons. The number of nitrogens with zero attached hydrogens (tertiary/aromatic N) is 2. The van der Waals surface area contributed by atoms with Crippen molar-refractivity contribution in [2.24, 2.45) is 0 Å². The fourth-order valence-corrected chi connectivity index (χ4v) is 2.32. The number of aromatic nitrogens is 2. The summed E-state index contributed by atoms with van der Waals surface area (Å²) in [5.74, 6) is 0.131. The Morgan fingerprint density at radius 2 is 2.26 bits per heavy atom. The Morgan fingerprint density at radius 1 is 1.47 bits per heavy atom. The van der Waals surface area contributed by atoms with Crippen LogP contribution in [0.5, 0.6) is 5.88 Å². The van der Waals surface area contributed by atoms with Crippen LogP contribution in [0.3, 0.4) is 0 Å². The van der Waals surface area contributed by atoms with Crippen molar-refractivity contribution in [1.82, 2.24) is 9.55 Å². The van der Waals surface area contributed by atoms with Crippen LogP contribution in [-0.2, 0) is 4.74 Å². The molecule has 19 heavy (non-hydrogen) atoms. The SMILES string of the molecule is O=c1nc2c(cn1[C@H]1C[C@H](O)[C@@H](CO)O1)[C@H](O)CO2. The first-order valence-corrected chi connectivity index (χ1v) is 5.98. The lowest BCUT2D eigenvalue weighted by Gasteiger charge is -2.15. The summed E-state index contributed by atoms with van der Waals surface area (Å²) in [7, 11) is 0. The molecule has 104 valence electrons. The normalized spacial score (nSPS) is 33.2. The van der Waals surface area contributed by atoms with Crippen LogP contribution in [0.15, 0.2) is 11.0 Å². The molecular formula is C11H14N2O6. The molecule has 1 saturated heterocycles. The van der Waals surface area contributed by atoms with Crippen LogP contribution in [-0.4, -0.2) is 50.3 Å². The van der Waals surface area contributed by atoms with Gasteiger partial charge in [0.05, 0.1) is 18.3 Å². The summed E-state index contributed by atoms with van der Waals surface area (Å²) in [5, 5.41) is 28.4. The van der Waals surface area contributed by atoms with Gasteiger partial charge in [0.15, 0.2) is 0 Å². The highest BCUT2D eigenvalue weighted by Gasteiger charge is 2.36. The Bertz CT molecular complexity index is 544. The molecule has 0 aromatic carbocycles. The van der Waals surface area contributed by atoms with E-state index in [-0.39, 0.29) is 25.5 Å². The molecule has 0 unspecified atom stereocenters. The maximum atomic E-state index is 11.8. The first-order valence-electron chi connectivity index (χ1n) is 5.98. The van der Waals surface area contributed by atoms with Crippen molar-refractivity contribution in [2.45, 2.75) is 31.0 Å². The van der Waals surface area contributed by atoms with E-state index < -0.39 is 30.2 Å². The maximum absolute atomic E-state index is 11.8. The van der Waals surface area contributed by atoms with Crippen LogP contribution in [0.25, 0.3) is 0 Å². The minimum Gasteiger partial charge on any atom is -0.474 e. The zero-order chi connectivity index (χ0) is 13.6. The number of hydrogen-bond acceptors (Lipinski definition) is 7. The topological polar surface area (TPSA) is 114 Å². The highest BCUT2D eigenvalue weighted by atomic mass is 16.5. The van der Waals surface area contributed by atoms with Gasteiger partial charge in [-0.15, -0.1) is 0 Å². The monoisotopic (exact) mass is 270 g/mol.